The Morgan fingerprint density at radius 2 is 1.81 bits per heavy atom. The van der Waals surface area contributed by atoms with Gasteiger partial charge in [0.1, 0.15) is 6.10 Å². The molecule has 1 N–H and O–H groups in total. The molecule has 1 fully saturated rings. The third kappa shape index (κ3) is 4.35. The molecule has 26 heavy (non-hydrogen) atoms. The summed E-state index contributed by atoms with van der Waals surface area (Å²) in [6.45, 7) is 2.77. The van der Waals surface area contributed by atoms with Gasteiger partial charge in [-0.3, -0.25) is 0 Å². The molecule has 0 aromatic heterocycles. The van der Waals surface area contributed by atoms with E-state index in [4.69, 9.17) is 16.3 Å². The van der Waals surface area contributed by atoms with Crippen molar-refractivity contribution in [3.05, 3.63) is 64.7 Å². The van der Waals surface area contributed by atoms with E-state index in [0.717, 1.165) is 11.1 Å². The van der Waals surface area contributed by atoms with Gasteiger partial charge in [-0.05, 0) is 36.8 Å². The minimum Gasteiger partial charge on any atom is -0.370 e. The molecular weight excluding hydrogens is 376 g/mol. The molecule has 1 unspecified atom stereocenters. The number of carbonyl (C=O) groups is 1. The maximum atomic E-state index is 12.4. The summed E-state index contributed by atoms with van der Waals surface area (Å²) in [4.78, 5) is 13.9. The Morgan fingerprint density at radius 3 is 2.46 bits per heavy atom. The Labute approximate surface area is 157 Å². The first kappa shape index (κ1) is 18.7. The lowest BCUT2D eigenvalue weighted by molar-refractivity contribution is -0.0146. The molecule has 0 radical (unpaired) electrons. The van der Waals surface area contributed by atoms with E-state index in [1.807, 2.05) is 19.1 Å². The van der Waals surface area contributed by atoms with Crippen LogP contribution >= 0.6 is 11.6 Å². The highest BCUT2D eigenvalue weighted by molar-refractivity contribution is 7.90. The maximum Gasteiger partial charge on any atom is 0.331 e. The van der Waals surface area contributed by atoms with Crippen LogP contribution in [-0.2, 0) is 14.8 Å². The van der Waals surface area contributed by atoms with Crippen molar-refractivity contribution in [3.63, 3.8) is 0 Å². The van der Waals surface area contributed by atoms with Gasteiger partial charge in [-0.25, -0.2) is 17.9 Å². The summed E-state index contributed by atoms with van der Waals surface area (Å²) in [5.74, 6) is 0. The summed E-state index contributed by atoms with van der Waals surface area (Å²) in [6, 6.07) is 12.8. The monoisotopic (exact) mass is 394 g/mol. The SMILES string of the molecule is Cc1ccc(S(=O)(=O)NC(=O)N2CCOC(c3ccc(Cl)cc3)C2)cc1. The number of nitrogens with one attached hydrogen (secondary N) is 1. The van der Waals surface area contributed by atoms with Crippen LogP contribution < -0.4 is 4.72 Å². The van der Waals surface area contributed by atoms with Crippen molar-refractivity contribution in [2.24, 2.45) is 0 Å². The first-order valence-corrected chi connectivity index (χ1v) is 9.97. The molecule has 1 saturated heterocycles. The van der Waals surface area contributed by atoms with Crippen LogP contribution in [0.15, 0.2) is 53.4 Å². The Kier molecular flexibility index (Phi) is 5.50. The summed E-state index contributed by atoms with van der Waals surface area (Å²) in [6.07, 6.45) is -0.325. The zero-order valence-corrected chi connectivity index (χ0v) is 15.8. The van der Waals surface area contributed by atoms with E-state index in [9.17, 15) is 13.2 Å². The number of morpholine rings is 1. The second-order valence-electron chi connectivity index (χ2n) is 6.08. The molecule has 2 amide bonds. The molecule has 8 heteroatoms. The Hall–Kier alpha value is -2.09. The fraction of sp³-hybridized carbons (Fsp3) is 0.278. The van der Waals surface area contributed by atoms with Crippen molar-refractivity contribution in [1.82, 2.24) is 9.62 Å². The van der Waals surface area contributed by atoms with E-state index in [1.165, 1.54) is 17.0 Å². The molecule has 138 valence electrons. The van der Waals surface area contributed by atoms with Crippen molar-refractivity contribution in [2.75, 3.05) is 19.7 Å². The largest absolute Gasteiger partial charge is 0.370 e. The highest BCUT2D eigenvalue weighted by Gasteiger charge is 2.28. The van der Waals surface area contributed by atoms with Crippen LogP contribution in [0.3, 0.4) is 0 Å². The summed E-state index contributed by atoms with van der Waals surface area (Å²) in [5, 5.41) is 0.614. The molecule has 2 aromatic rings. The second kappa shape index (κ2) is 7.65. The molecule has 0 spiro atoms. The fourth-order valence-electron chi connectivity index (χ4n) is 2.67. The smallest absolute Gasteiger partial charge is 0.331 e. The Bertz CT molecular complexity index is 882. The van der Waals surface area contributed by atoms with Gasteiger partial charge in [-0.2, -0.15) is 0 Å². The first-order valence-electron chi connectivity index (χ1n) is 8.10. The third-order valence-electron chi connectivity index (χ3n) is 4.15. The van der Waals surface area contributed by atoms with Gasteiger partial charge in [0.05, 0.1) is 18.0 Å². The lowest BCUT2D eigenvalue weighted by Gasteiger charge is -2.33. The third-order valence-corrected chi connectivity index (χ3v) is 5.74. The van der Waals surface area contributed by atoms with Gasteiger partial charge >= 0.3 is 6.03 Å². The number of benzene rings is 2. The van der Waals surface area contributed by atoms with Gasteiger partial charge in [0.25, 0.3) is 10.0 Å². The van der Waals surface area contributed by atoms with Gasteiger partial charge in [0.2, 0.25) is 0 Å². The number of hydrogen-bond donors (Lipinski definition) is 1. The molecule has 2 aromatic carbocycles. The van der Waals surface area contributed by atoms with Crippen LogP contribution in [-0.4, -0.2) is 39.0 Å². The number of urea groups is 1. The molecule has 1 aliphatic rings. The minimum atomic E-state index is -3.91. The average molecular weight is 395 g/mol. The van der Waals surface area contributed by atoms with Gasteiger partial charge in [0, 0.05) is 11.6 Å². The predicted molar refractivity (Wildman–Crippen MR) is 98.6 cm³/mol. The van der Waals surface area contributed by atoms with Crippen LogP contribution in [0.2, 0.25) is 5.02 Å². The van der Waals surface area contributed by atoms with Crippen molar-refractivity contribution in [2.45, 2.75) is 17.9 Å². The Balaban J connectivity index is 1.69. The number of rotatable bonds is 3. The lowest BCUT2D eigenvalue weighted by Crippen LogP contribution is -2.48. The Morgan fingerprint density at radius 1 is 1.15 bits per heavy atom. The second-order valence-corrected chi connectivity index (χ2v) is 8.20. The number of amides is 2. The first-order chi connectivity index (χ1) is 12.3. The summed E-state index contributed by atoms with van der Waals surface area (Å²) >= 11 is 5.89. The highest BCUT2D eigenvalue weighted by atomic mass is 35.5. The number of sulfonamides is 1. The molecule has 3 rings (SSSR count). The van der Waals surface area contributed by atoms with Crippen LogP contribution in [0.25, 0.3) is 0 Å². The topological polar surface area (TPSA) is 75.7 Å². The predicted octanol–water partition coefficient (Wildman–Crippen LogP) is 3.12. The maximum absolute atomic E-state index is 12.4. The van der Waals surface area contributed by atoms with Crippen LogP contribution in [0.5, 0.6) is 0 Å². The van der Waals surface area contributed by atoms with Crippen molar-refractivity contribution in [3.8, 4) is 0 Å². The van der Waals surface area contributed by atoms with Gasteiger partial charge in [-0.1, -0.05) is 41.4 Å². The molecule has 1 aliphatic heterocycles. The standard InChI is InChI=1S/C18H19ClN2O4S/c1-13-2-8-16(9-3-13)26(23,24)20-18(22)21-10-11-25-17(12-21)14-4-6-15(19)7-5-14/h2-9,17H,10-12H2,1H3,(H,20,22). The molecule has 1 atom stereocenters. The molecule has 1 heterocycles. The van der Waals surface area contributed by atoms with Crippen LogP contribution in [0.1, 0.15) is 17.2 Å². The molecule has 0 aliphatic carbocycles. The molecular formula is C18H19ClN2O4S. The van der Waals surface area contributed by atoms with Gasteiger partial charge in [0.15, 0.2) is 0 Å². The number of carbonyl (C=O) groups excluding carboxylic acids is 1. The van der Waals surface area contributed by atoms with E-state index < -0.39 is 16.1 Å². The van der Waals surface area contributed by atoms with Crippen molar-refractivity contribution < 1.29 is 17.9 Å². The summed E-state index contributed by atoms with van der Waals surface area (Å²) in [5.41, 5.74) is 1.82. The summed E-state index contributed by atoms with van der Waals surface area (Å²) in [7, 11) is -3.91. The number of aryl methyl sites for hydroxylation is 1. The van der Waals surface area contributed by atoms with E-state index in [2.05, 4.69) is 4.72 Å². The van der Waals surface area contributed by atoms with E-state index in [1.54, 1.807) is 24.3 Å². The zero-order valence-electron chi connectivity index (χ0n) is 14.2. The minimum absolute atomic E-state index is 0.0546. The van der Waals surface area contributed by atoms with Gasteiger partial charge in [-0.15, -0.1) is 0 Å². The molecule has 0 saturated carbocycles. The number of nitrogens with zero attached hydrogens (tertiary/aromatic N) is 1. The fourth-order valence-corrected chi connectivity index (χ4v) is 3.77. The lowest BCUT2D eigenvalue weighted by atomic mass is 10.1. The molecule has 6 nitrogen and oxygen atoms in total. The number of hydrogen-bond acceptors (Lipinski definition) is 4. The average Bonchev–Trinajstić information content (AvgIpc) is 2.62. The number of halogens is 1. The number of ether oxygens (including phenoxy) is 1. The van der Waals surface area contributed by atoms with E-state index >= 15 is 0 Å². The van der Waals surface area contributed by atoms with Crippen LogP contribution in [0.4, 0.5) is 4.79 Å². The van der Waals surface area contributed by atoms with Crippen molar-refractivity contribution in [1.29, 1.82) is 0 Å². The summed E-state index contributed by atoms with van der Waals surface area (Å²) < 4.78 is 32.6. The van der Waals surface area contributed by atoms with E-state index in [-0.39, 0.29) is 17.5 Å². The van der Waals surface area contributed by atoms with Crippen LogP contribution in [0, 0.1) is 6.92 Å². The quantitative estimate of drug-likeness (QED) is 0.867. The van der Waals surface area contributed by atoms with Crippen molar-refractivity contribution >= 4 is 27.7 Å². The van der Waals surface area contributed by atoms with Gasteiger partial charge < -0.3 is 9.64 Å². The highest BCUT2D eigenvalue weighted by Crippen LogP contribution is 2.24. The normalized spacial score (nSPS) is 17.8. The van der Waals surface area contributed by atoms with E-state index in [0.29, 0.717) is 18.2 Å². The molecule has 0 bridgehead atoms. The zero-order chi connectivity index (χ0) is 18.7.